The van der Waals surface area contributed by atoms with Gasteiger partial charge in [0.1, 0.15) is 0 Å². The van der Waals surface area contributed by atoms with Crippen LogP contribution in [0.4, 0.5) is 5.69 Å². The van der Waals surface area contributed by atoms with E-state index in [9.17, 15) is 0 Å². The molecular formula is C14H23NO4. The van der Waals surface area contributed by atoms with E-state index in [0.29, 0.717) is 23.9 Å². The third kappa shape index (κ3) is 4.52. The molecule has 0 aromatic heterocycles. The highest BCUT2D eigenvalue weighted by atomic mass is 16.5. The van der Waals surface area contributed by atoms with Gasteiger partial charge in [-0.05, 0) is 13.8 Å². The Morgan fingerprint density at radius 2 is 1.58 bits per heavy atom. The van der Waals surface area contributed by atoms with Gasteiger partial charge in [0.25, 0.3) is 0 Å². The molecule has 0 aliphatic heterocycles. The van der Waals surface area contributed by atoms with Crippen LogP contribution in [-0.4, -0.2) is 40.6 Å². The second-order valence-corrected chi connectivity index (χ2v) is 4.26. The first kappa shape index (κ1) is 15.4. The maximum Gasteiger partial charge on any atom is 0.203 e. The van der Waals surface area contributed by atoms with Crippen LogP contribution in [0.2, 0.25) is 0 Å². The Morgan fingerprint density at radius 3 is 2.00 bits per heavy atom. The summed E-state index contributed by atoms with van der Waals surface area (Å²) in [5.74, 6) is 1.86. The van der Waals surface area contributed by atoms with Crippen LogP contribution in [0.15, 0.2) is 12.1 Å². The van der Waals surface area contributed by atoms with Crippen molar-refractivity contribution in [1.29, 1.82) is 0 Å². The fourth-order valence-corrected chi connectivity index (χ4v) is 1.67. The summed E-state index contributed by atoms with van der Waals surface area (Å²) in [6.07, 6.45) is 0.238. The van der Waals surface area contributed by atoms with E-state index in [1.54, 1.807) is 21.3 Å². The molecule has 5 nitrogen and oxygen atoms in total. The van der Waals surface area contributed by atoms with E-state index in [0.717, 1.165) is 12.2 Å². The van der Waals surface area contributed by atoms with Crippen molar-refractivity contribution in [2.24, 2.45) is 0 Å². The Kier molecular flexibility index (Phi) is 6.29. The number of hydrogen-bond acceptors (Lipinski definition) is 5. The van der Waals surface area contributed by atoms with Crippen LogP contribution in [0.5, 0.6) is 17.2 Å². The average molecular weight is 269 g/mol. The number of hydrogen-bond donors (Lipinski definition) is 1. The smallest absolute Gasteiger partial charge is 0.203 e. The van der Waals surface area contributed by atoms with E-state index >= 15 is 0 Å². The molecule has 0 aliphatic rings. The van der Waals surface area contributed by atoms with Crippen molar-refractivity contribution < 1.29 is 18.9 Å². The first-order valence-electron chi connectivity index (χ1n) is 6.27. The van der Waals surface area contributed by atoms with E-state index in [1.807, 2.05) is 26.0 Å². The van der Waals surface area contributed by atoms with Gasteiger partial charge in [-0.2, -0.15) is 0 Å². The summed E-state index contributed by atoms with van der Waals surface area (Å²) in [6.45, 7) is 5.39. The van der Waals surface area contributed by atoms with E-state index in [4.69, 9.17) is 18.9 Å². The first-order valence-corrected chi connectivity index (χ1v) is 6.27. The molecule has 1 aromatic rings. The van der Waals surface area contributed by atoms with Gasteiger partial charge in [0.2, 0.25) is 5.75 Å². The van der Waals surface area contributed by atoms with Crippen molar-refractivity contribution in [2.45, 2.75) is 20.0 Å². The van der Waals surface area contributed by atoms with E-state index in [2.05, 4.69) is 5.32 Å². The Morgan fingerprint density at radius 1 is 1.00 bits per heavy atom. The molecule has 0 saturated carbocycles. The number of ether oxygens (including phenoxy) is 4. The van der Waals surface area contributed by atoms with Gasteiger partial charge in [0.05, 0.1) is 34.0 Å². The van der Waals surface area contributed by atoms with Crippen LogP contribution in [-0.2, 0) is 4.74 Å². The molecule has 5 heteroatoms. The maximum absolute atomic E-state index is 5.47. The molecular weight excluding hydrogens is 246 g/mol. The lowest BCUT2D eigenvalue weighted by Gasteiger charge is -2.15. The van der Waals surface area contributed by atoms with E-state index in [1.165, 1.54) is 0 Å². The molecule has 0 amide bonds. The molecule has 19 heavy (non-hydrogen) atoms. The van der Waals surface area contributed by atoms with Crippen molar-refractivity contribution in [3.05, 3.63) is 12.1 Å². The monoisotopic (exact) mass is 269 g/mol. The summed E-state index contributed by atoms with van der Waals surface area (Å²) in [7, 11) is 4.79. The van der Waals surface area contributed by atoms with Crippen LogP contribution in [0.3, 0.4) is 0 Å². The summed E-state index contributed by atoms with van der Waals surface area (Å²) in [5, 5.41) is 3.26. The predicted molar refractivity (Wildman–Crippen MR) is 75.7 cm³/mol. The molecule has 0 fully saturated rings. The molecule has 0 unspecified atom stereocenters. The zero-order valence-electron chi connectivity index (χ0n) is 12.3. The van der Waals surface area contributed by atoms with Crippen molar-refractivity contribution in [1.82, 2.24) is 0 Å². The number of rotatable bonds is 8. The molecule has 1 rings (SSSR count). The van der Waals surface area contributed by atoms with Crippen molar-refractivity contribution in [3.63, 3.8) is 0 Å². The van der Waals surface area contributed by atoms with Gasteiger partial charge in [0, 0.05) is 24.4 Å². The Labute approximate surface area is 114 Å². The van der Waals surface area contributed by atoms with Crippen molar-refractivity contribution >= 4 is 5.69 Å². The van der Waals surface area contributed by atoms with Gasteiger partial charge in [-0.3, -0.25) is 0 Å². The molecule has 0 spiro atoms. The summed E-state index contributed by atoms with van der Waals surface area (Å²) in [4.78, 5) is 0. The van der Waals surface area contributed by atoms with Gasteiger partial charge in [-0.15, -0.1) is 0 Å². The second kappa shape index (κ2) is 7.74. The van der Waals surface area contributed by atoms with Crippen molar-refractivity contribution in [3.8, 4) is 17.2 Å². The summed E-state index contributed by atoms with van der Waals surface area (Å²) in [6, 6.07) is 3.74. The third-order valence-corrected chi connectivity index (χ3v) is 2.55. The molecule has 108 valence electrons. The lowest BCUT2D eigenvalue weighted by molar-refractivity contribution is 0.0870. The normalized spacial score (nSPS) is 10.4. The summed E-state index contributed by atoms with van der Waals surface area (Å²) in [5.41, 5.74) is 0.904. The fraction of sp³-hybridized carbons (Fsp3) is 0.571. The fourth-order valence-electron chi connectivity index (χ4n) is 1.67. The predicted octanol–water partition coefficient (Wildman–Crippen LogP) is 2.55. The maximum atomic E-state index is 5.47. The van der Waals surface area contributed by atoms with Crippen molar-refractivity contribution in [2.75, 3.05) is 39.8 Å². The van der Waals surface area contributed by atoms with E-state index < -0.39 is 0 Å². The minimum atomic E-state index is 0.238. The van der Waals surface area contributed by atoms with Gasteiger partial charge in [0.15, 0.2) is 11.5 Å². The number of nitrogens with one attached hydrogen (secondary N) is 1. The lowest BCUT2D eigenvalue weighted by Crippen LogP contribution is -2.13. The molecule has 0 saturated heterocycles. The Hall–Kier alpha value is -1.62. The SMILES string of the molecule is COc1cc(NCCOC(C)C)cc(OC)c1OC. The standard InChI is InChI=1S/C14H23NO4/c1-10(2)19-7-6-15-11-8-12(16-3)14(18-5)13(9-11)17-4/h8-10,15H,6-7H2,1-5H3. The van der Waals surface area contributed by atoms with Crippen LogP contribution in [0.1, 0.15) is 13.8 Å². The molecule has 0 atom stereocenters. The highest BCUT2D eigenvalue weighted by Crippen LogP contribution is 2.39. The lowest BCUT2D eigenvalue weighted by atomic mass is 10.2. The molecule has 0 heterocycles. The molecule has 0 bridgehead atoms. The van der Waals surface area contributed by atoms with Gasteiger partial charge in [-0.1, -0.05) is 0 Å². The Bertz CT molecular complexity index is 368. The van der Waals surface area contributed by atoms with Gasteiger partial charge >= 0.3 is 0 Å². The van der Waals surface area contributed by atoms with Gasteiger partial charge in [-0.25, -0.2) is 0 Å². The topological polar surface area (TPSA) is 49.0 Å². The average Bonchev–Trinajstić information content (AvgIpc) is 2.42. The summed E-state index contributed by atoms with van der Waals surface area (Å²) < 4.78 is 21.3. The zero-order chi connectivity index (χ0) is 14.3. The van der Waals surface area contributed by atoms with Gasteiger partial charge < -0.3 is 24.3 Å². The molecule has 1 aromatic carbocycles. The first-order chi connectivity index (χ1) is 9.12. The molecule has 0 radical (unpaired) electrons. The zero-order valence-corrected chi connectivity index (χ0v) is 12.3. The highest BCUT2D eigenvalue weighted by Gasteiger charge is 2.12. The molecule has 0 aliphatic carbocycles. The number of methoxy groups -OCH3 is 3. The van der Waals surface area contributed by atoms with Crippen LogP contribution >= 0.6 is 0 Å². The minimum absolute atomic E-state index is 0.238. The largest absolute Gasteiger partial charge is 0.493 e. The third-order valence-electron chi connectivity index (χ3n) is 2.55. The number of benzene rings is 1. The summed E-state index contributed by atoms with van der Waals surface area (Å²) >= 11 is 0. The van der Waals surface area contributed by atoms with Crippen LogP contribution in [0, 0.1) is 0 Å². The number of anilines is 1. The van der Waals surface area contributed by atoms with Crippen LogP contribution < -0.4 is 19.5 Å². The Balaban J connectivity index is 2.73. The highest BCUT2D eigenvalue weighted by molar-refractivity contribution is 5.62. The van der Waals surface area contributed by atoms with Crippen LogP contribution in [0.25, 0.3) is 0 Å². The van der Waals surface area contributed by atoms with E-state index in [-0.39, 0.29) is 6.10 Å². The quantitative estimate of drug-likeness (QED) is 0.735. The minimum Gasteiger partial charge on any atom is -0.493 e. The molecule has 1 N–H and O–H groups in total. The second-order valence-electron chi connectivity index (χ2n) is 4.26.